The highest BCUT2D eigenvalue weighted by Gasteiger charge is 2.18. The van der Waals surface area contributed by atoms with Crippen molar-refractivity contribution in [1.29, 1.82) is 0 Å². The molecule has 5 heteroatoms. The summed E-state index contributed by atoms with van der Waals surface area (Å²) in [5.41, 5.74) is 2.47. The summed E-state index contributed by atoms with van der Waals surface area (Å²) in [5, 5.41) is 0.611. The molecule has 3 aromatic rings. The Bertz CT molecular complexity index is 798. The van der Waals surface area contributed by atoms with Crippen molar-refractivity contribution in [3.8, 4) is 0 Å². The summed E-state index contributed by atoms with van der Waals surface area (Å²) >= 11 is 12.3. The predicted octanol–water partition coefficient (Wildman–Crippen LogP) is 5.18. The fourth-order valence-corrected chi connectivity index (χ4v) is 3.03. The van der Waals surface area contributed by atoms with Crippen LogP contribution in [-0.4, -0.2) is 9.55 Å². The quantitative estimate of drug-likeness (QED) is 0.608. The van der Waals surface area contributed by atoms with Crippen LogP contribution in [0.1, 0.15) is 24.4 Å². The Labute approximate surface area is 132 Å². The van der Waals surface area contributed by atoms with Gasteiger partial charge in [-0.05, 0) is 36.8 Å². The van der Waals surface area contributed by atoms with Gasteiger partial charge in [-0.25, -0.2) is 9.37 Å². The van der Waals surface area contributed by atoms with Crippen molar-refractivity contribution in [2.75, 3.05) is 0 Å². The van der Waals surface area contributed by atoms with Crippen LogP contribution in [0.15, 0.2) is 42.5 Å². The molecule has 2 nitrogen and oxygen atoms in total. The van der Waals surface area contributed by atoms with Gasteiger partial charge in [-0.2, -0.15) is 0 Å². The zero-order valence-corrected chi connectivity index (χ0v) is 12.9. The van der Waals surface area contributed by atoms with Crippen LogP contribution in [0.2, 0.25) is 5.02 Å². The summed E-state index contributed by atoms with van der Waals surface area (Å²) in [4.78, 5) is 4.51. The van der Waals surface area contributed by atoms with Crippen molar-refractivity contribution < 1.29 is 4.39 Å². The minimum absolute atomic E-state index is 0.112. The van der Waals surface area contributed by atoms with E-state index in [1.54, 1.807) is 6.07 Å². The number of imidazole rings is 1. The largest absolute Gasteiger partial charge is 0.318 e. The molecule has 2 aromatic carbocycles. The third kappa shape index (κ3) is 2.52. The van der Waals surface area contributed by atoms with Gasteiger partial charge in [-0.15, -0.1) is 11.6 Å². The smallest absolute Gasteiger partial charge is 0.125 e. The Morgan fingerprint density at radius 1 is 1.24 bits per heavy atom. The molecule has 0 aliphatic heterocycles. The Hall–Kier alpha value is -1.58. The van der Waals surface area contributed by atoms with Gasteiger partial charge in [0, 0.05) is 0 Å². The Morgan fingerprint density at radius 2 is 2.00 bits per heavy atom. The van der Waals surface area contributed by atoms with E-state index in [1.807, 2.05) is 35.8 Å². The summed E-state index contributed by atoms with van der Waals surface area (Å²) in [5.74, 6) is 0.726. The number of nitrogens with zero attached hydrogens (tertiary/aromatic N) is 2. The normalized spacial score (nSPS) is 12.8. The van der Waals surface area contributed by atoms with Gasteiger partial charge < -0.3 is 4.57 Å². The van der Waals surface area contributed by atoms with Gasteiger partial charge in [0.05, 0.1) is 28.0 Å². The van der Waals surface area contributed by atoms with Crippen LogP contribution >= 0.6 is 23.2 Å². The monoisotopic (exact) mass is 322 g/mol. The molecule has 108 valence electrons. The lowest BCUT2D eigenvalue weighted by Crippen LogP contribution is -2.10. The van der Waals surface area contributed by atoms with Crippen LogP contribution in [0.5, 0.6) is 0 Å². The standard InChI is InChI=1S/C16H13Cl2FN2/c1-10(11-4-2-5-12(19)8-11)21-15(9-17)20-14-7-3-6-13(18)16(14)21/h2-8,10H,9H2,1H3. The molecule has 0 bridgehead atoms. The fraction of sp³-hybridized carbons (Fsp3) is 0.188. The van der Waals surface area contributed by atoms with E-state index < -0.39 is 0 Å². The molecule has 21 heavy (non-hydrogen) atoms. The number of para-hydroxylation sites is 1. The van der Waals surface area contributed by atoms with Gasteiger partial charge >= 0.3 is 0 Å². The second-order valence-electron chi connectivity index (χ2n) is 4.87. The van der Waals surface area contributed by atoms with Crippen LogP contribution in [0.25, 0.3) is 11.0 Å². The lowest BCUT2D eigenvalue weighted by atomic mass is 10.1. The molecule has 3 rings (SSSR count). The third-order valence-corrected chi connectivity index (χ3v) is 4.12. The molecule has 0 amide bonds. The highest BCUT2D eigenvalue weighted by Crippen LogP contribution is 2.31. The van der Waals surface area contributed by atoms with Crippen LogP contribution in [0, 0.1) is 5.82 Å². The van der Waals surface area contributed by atoms with Gasteiger partial charge in [-0.1, -0.05) is 29.8 Å². The average Bonchev–Trinajstić information content (AvgIpc) is 2.86. The number of hydrogen-bond donors (Lipinski definition) is 0. The van der Waals surface area contributed by atoms with Crippen molar-refractivity contribution in [3.63, 3.8) is 0 Å². The van der Waals surface area contributed by atoms with Crippen LogP contribution < -0.4 is 0 Å². The van der Waals surface area contributed by atoms with E-state index in [0.717, 1.165) is 22.4 Å². The van der Waals surface area contributed by atoms with Gasteiger partial charge in [0.1, 0.15) is 11.6 Å². The first-order valence-corrected chi connectivity index (χ1v) is 7.50. The summed E-state index contributed by atoms with van der Waals surface area (Å²) in [6, 6.07) is 12.0. The van der Waals surface area contributed by atoms with Gasteiger partial charge in [-0.3, -0.25) is 0 Å². The molecule has 1 unspecified atom stereocenters. The molecule has 0 aliphatic carbocycles. The van der Waals surface area contributed by atoms with E-state index in [9.17, 15) is 4.39 Å². The van der Waals surface area contributed by atoms with E-state index in [4.69, 9.17) is 23.2 Å². The number of hydrogen-bond acceptors (Lipinski definition) is 1. The molecular weight excluding hydrogens is 310 g/mol. The summed E-state index contributed by atoms with van der Waals surface area (Å²) in [7, 11) is 0. The minimum atomic E-state index is -0.262. The molecule has 0 N–H and O–H groups in total. The van der Waals surface area contributed by atoms with Crippen LogP contribution in [-0.2, 0) is 5.88 Å². The topological polar surface area (TPSA) is 17.8 Å². The molecule has 1 heterocycles. The number of aromatic nitrogens is 2. The number of alkyl halides is 1. The molecule has 0 spiro atoms. The van der Waals surface area contributed by atoms with Gasteiger partial charge in [0.2, 0.25) is 0 Å². The molecular formula is C16H13Cl2FN2. The first-order valence-electron chi connectivity index (χ1n) is 6.58. The van der Waals surface area contributed by atoms with Gasteiger partial charge in [0.25, 0.3) is 0 Å². The van der Waals surface area contributed by atoms with Crippen molar-refractivity contribution in [2.24, 2.45) is 0 Å². The number of halogens is 3. The second kappa shape index (κ2) is 5.66. The SMILES string of the molecule is CC(c1cccc(F)c1)n1c(CCl)nc2cccc(Cl)c21. The Balaban J connectivity index is 2.23. The molecule has 0 aliphatic rings. The van der Waals surface area contributed by atoms with Crippen LogP contribution in [0.3, 0.4) is 0 Å². The zero-order valence-electron chi connectivity index (χ0n) is 11.4. The molecule has 1 atom stereocenters. The third-order valence-electron chi connectivity index (χ3n) is 3.57. The maximum Gasteiger partial charge on any atom is 0.125 e. The maximum absolute atomic E-state index is 13.5. The number of fused-ring (bicyclic) bond motifs is 1. The predicted molar refractivity (Wildman–Crippen MR) is 84.5 cm³/mol. The molecule has 0 radical (unpaired) electrons. The summed E-state index contributed by atoms with van der Waals surface area (Å²) in [6.45, 7) is 1.98. The van der Waals surface area contributed by atoms with E-state index in [0.29, 0.717) is 5.02 Å². The first-order chi connectivity index (χ1) is 10.1. The lowest BCUT2D eigenvalue weighted by molar-refractivity contribution is 0.603. The van der Waals surface area contributed by atoms with E-state index in [2.05, 4.69) is 4.98 Å². The molecule has 1 aromatic heterocycles. The molecule has 0 saturated carbocycles. The van der Waals surface area contributed by atoms with Crippen molar-refractivity contribution >= 4 is 34.2 Å². The highest BCUT2D eigenvalue weighted by atomic mass is 35.5. The van der Waals surface area contributed by atoms with Crippen molar-refractivity contribution in [3.05, 3.63) is 64.7 Å². The number of rotatable bonds is 3. The van der Waals surface area contributed by atoms with Gasteiger partial charge in [0.15, 0.2) is 0 Å². The van der Waals surface area contributed by atoms with Crippen LogP contribution in [0.4, 0.5) is 4.39 Å². The van der Waals surface area contributed by atoms with Crippen molar-refractivity contribution in [1.82, 2.24) is 9.55 Å². The summed E-state index contributed by atoms with van der Waals surface area (Å²) < 4.78 is 15.4. The fourth-order valence-electron chi connectivity index (χ4n) is 2.58. The van der Waals surface area contributed by atoms with E-state index in [1.165, 1.54) is 12.1 Å². The molecule has 0 saturated heterocycles. The maximum atomic E-state index is 13.5. The zero-order chi connectivity index (χ0) is 15.0. The molecule has 0 fully saturated rings. The minimum Gasteiger partial charge on any atom is -0.318 e. The number of benzene rings is 2. The second-order valence-corrected chi connectivity index (χ2v) is 5.54. The Morgan fingerprint density at radius 3 is 2.71 bits per heavy atom. The van der Waals surface area contributed by atoms with E-state index >= 15 is 0 Å². The first kappa shape index (κ1) is 14.4. The van der Waals surface area contributed by atoms with Crippen molar-refractivity contribution in [2.45, 2.75) is 18.8 Å². The Kier molecular flexibility index (Phi) is 3.87. The average molecular weight is 323 g/mol. The lowest BCUT2D eigenvalue weighted by Gasteiger charge is -2.18. The highest BCUT2D eigenvalue weighted by molar-refractivity contribution is 6.35. The van der Waals surface area contributed by atoms with E-state index in [-0.39, 0.29) is 17.7 Å². The summed E-state index contributed by atoms with van der Waals surface area (Å²) in [6.07, 6.45) is 0.